The van der Waals surface area contributed by atoms with E-state index in [1.165, 1.54) is 35.0 Å². The Morgan fingerprint density at radius 3 is 2.44 bits per heavy atom. The van der Waals surface area contributed by atoms with Gasteiger partial charge in [0.2, 0.25) is 0 Å². The van der Waals surface area contributed by atoms with Crippen molar-refractivity contribution in [1.29, 1.82) is 0 Å². The van der Waals surface area contributed by atoms with Crippen molar-refractivity contribution in [3.63, 3.8) is 0 Å². The third-order valence-electron chi connectivity index (χ3n) is 6.05. The predicted molar refractivity (Wildman–Crippen MR) is 137 cm³/mol. The number of benzene rings is 1. The maximum atomic E-state index is 14.4. The summed E-state index contributed by atoms with van der Waals surface area (Å²) >= 11 is 12.6. The summed E-state index contributed by atoms with van der Waals surface area (Å²) in [6, 6.07) is 8.12. The molecule has 1 aromatic carbocycles. The molecule has 1 aliphatic rings. The minimum absolute atomic E-state index is 0.0619. The third kappa shape index (κ3) is 5.49. The van der Waals surface area contributed by atoms with Crippen molar-refractivity contribution in [2.24, 2.45) is 0 Å². The lowest BCUT2D eigenvalue weighted by Crippen LogP contribution is -2.36. The van der Waals surface area contributed by atoms with Gasteiger partial charge in [0.25, 0.3) is 10.0 Å². The Kier molecular flexibility index (Phi) is 7.35. The maximum Gasteiger partial charge on any atom is 0.419 e. The standard InChI is InChI=1S/C24H19Cl2F4N5O3S/c25-16-2-5-21-32-23(22(26)34(21)14-16)35(13-15-1-4-18(19(27)11-15)24(28,29)30)39(36,37)17-3-6-20(31-12-17)33-7-9-38-10-8-33/h1-6,11-12,14H,7-10,13H2. The molecule has 0 N–H and O–H groups in total. The minimum atomic E-state index is -4.91. The predicted octanol–water partition coefficient (Wildman–Crippen LogP) is 5.43. The molecule has 5 rings (SSSR count). The van der Waals surface area contributed by atoms with E-state index in [1.54, 1.807) is 6.07 Å². The Hall–Kier alpha value is -3.13. The summed E-state index contributed by atoms with van der Waals surface area (Å²) < 4.78 is 88.8. The Bertz CT molecular complexity index is 1630. The van der Waals surface area contributed by atoms with E-state index in [9.17, 15) is 26.0 Å². The van der Waals surface area contributed by atoms with E-state index in [4.69, 9.17) is 27.9 Å². The van der Waals surface area contributed by atoms with Crippen LogP contribution in [-0.4, -0.2) is 49.1 Å². The van der Waals surface area contributed by atoms with Gasteiger partial charge in [0.05, 0.1) is 30.3 Å². The quantitative estimate of drug-likeness (QED) is 0.274. The number of sulfonamides is 1. The fourth-order valence-electron chi connectivity index (χ4n) is 4.09. The van der Waals surface area contributed by atoms with Gasteiger partial charge in [-0.1, -0.05) is 29.3 Å². The lowest BCUT2D eigenvalue weighted by Gasteiger charge is -2.28. The number of nitrogens with zero attached hydrogens (tertiary/aromatic N) is 5. The van der Waals surface area contributed by atoms with E-state index in [2.05, 4.69) is 9.97 Å². The lowest BCUT2D eigenvalue weighted by atomic mass is 10.1. The number of ether oxygens (including phenoxy) is 1. The normalized spacial score (nSPS) is 14.7. The summed E-state index contributed by atoms with van der Waals surface area (Å²) in [7, 11) is -4.44. The third-order valence-corrected chi connectivity index (χ3v) is 8.35. The van der Waals surface area contributed by atoms with Crippen molar-refractivity contribution in [1.82, 2.24) is 14.4 Å². The van der Waals surface area contributed by atoms with Crippen LogP contribution < -0.4 is 9.21 Å². The lowest BCUT2D eigenvalue weighted by molar-refractivity contribution is -0.140. The number of imidazole rings is 1. The van der Waals surface area contributed by atoms with Gasteiger partial charge in [-0.25, -0.2) is 27.1 Å². The number of hydrogen-bond acceptors (Lipinski definition) is 6. The molecule has 3 aromatic heterocycles. The molecular formula is C24H19Cl2F4N5O3S. The molecule has 0 spiro atoms. The van der Waals surface area contributed by atoms with Gasteiger partial charge >= 0.3 is 6.18 Å². The molecule has 0 atom stereocenters. The largest absolute Gasteiger partial charge is 0.419 e. The summed E-state index contributed by atoms with van der Waals surface area (Å²) in [6.45, 7) is 1.62. The van der Waals surface area contributed by atoms with E-state index in [0.29, 0.717) is 49.3 Å². The number of fused-ring (bicyclic) bond motifs is 1. The molecule has 39 heavy (non-hydrogen) atoms. The molecule has 0 radical (unpaired) electrons. The molecule has 4 aromatic rings. The zero-order valence-electron chi connectivity index (χ0n) is 19.9. The van der Waals surface area contributed by atoms with Crippen molar-refractivity contribution < 1.29 is 30.7 Å². The van der Waals surface area contributed by atoms with Gasteiger partial charge < -0.3 is 9.64 Å². The van der Waals surface area contributed by atoms with Gasteiger partial charge in [-0.15, -0.1) is 0 Å². The number of aromatic nitrogens is 3. The van der Waals surface area contributed by atoms with Crippen molar-refractivity contribution >= 4 is 50.5 Å². The van der Waals surface area contributed by atoms with Crippen LogP contribution in [0.3, 0.4) is 0 Å². The fraction of sp³-hybridized carbons (Fsp3) is 0.250. The van der Waals surface area contributed by atoms with Crippen LogP contribution >= 0.6 is 23.2 Å². The summed E-state index contributed by atoms with van der Waals surface area (Å²) in [5, 5.41) is 0.178. The number of morpholine rings is 1. The van der Waals surface area contributed by atoms with Gasteiger partial charge in [0.15, 0.2) is 11.0 Å². The van der Waals surface area contributed by atoms with Gasteiger partial charge in [-0.2, -0.15) is 13.2 Å². The monoisotopic (exact) mass is 603 g/mol. The summed E-state index contributed by atoms with van der Waals surface area (Å²) in [5.41, 5.74) is -1.27. The molecule has 0 bridgehead atoms. The summed E-state index contributed by atoms with van der Waals surface area (Å²) in [6.07, 6.45) is -2.32. The number of anilines is 2. The second kappa shape index (κ2) is 10.5. The van der Waals surface area contributed by atoms with E-state index in [-0.39, 0.29) is 27.1 Å². The molecular weight excluding hydrogens is 585 g/mol. The zero-order chi connectivity index (χ0) is 27.9. The molecule has 1 aliphatic heterocycles. The molecule has 4 heterocycles. The molecule has 0 saturated carbocycles. The average molecular weight is 604 g/mol. The van der Waals surface area contributed by atoms with Crippen molar-refractivity contribution in [3.05, 3.63) is 82.0 Å². The average Bonchev–Trinajstić information content (AvgIpc) is 3.22. The van der Waals surface area contributed by atoms with Crippen molar-refractivity contribution in [2.45, 2.75) is 17.6 Å². The molecule has 0 amide bonds. The Balaban J connectivity index is 1.57. The highest BCUT2D eigenvalue weighted by molar-refractivity contribution is 7.92. The smallest absolute Gasteiger partial charge is 0.378 e. The topological polar surface area (TPSA) is 80.0 Å². The summed E-state index contributed by atoms with van der Waals surface area (Å²) in [4.78, 5) is 10.3. The van der Waals surface area contributed by atoms with Crippen LogP contribution in [0, 0.1) is 5.82 Å². The Morgan fingerprint density at radius 1 is 1.05 bits per heavy atom. The molecule has 1 fully saturated rings. The maximum absolute atomic E-state index is 14.4. The van der Waals surface area contributed by atoms with E-state index in [0.717, 1.165) is 10.4 Å². The number of rotatable bonds is 6. The molecule has 0 unspecified atom stereocenters. The van der Waals surface area contributed by atoms with Crippen LogP contribution in [0.4, 0.5) is 29.2 Å². The van der Waals surface area contributed by atoms with Crippen molar-refractivity contribution in [2.75, 3.05) is 35.5 Å². The molecule has 15 heteroatoms. The molecule has 206 valence electrons. The molecule has 0 aliphatic carbocycles. The van der Waals surface area contributed by atoms with Gasteiger partial charge in [-0.05, 0) is 42.0 Å². The first-order valence-corrected chi connectivity index (χ1v) is 13.6. The first kappa shape index (κ1) is 27.4. The second-order valence-electron chi connectivity index (χ2n) is 8.58. The SMILES string of the molecule is O=S(=O)(c1ccc(N2CCOCC2)nc1)N(Cc1ccc(C(F)(F)F)c(F)c1)c1nc2ccc(Cl)cn2c1Cl. The number of hydrogen-bond donors (Lipinski definition) is 0. The highest BCUT2D eigenvalue weighted by Gasteiger charge is 2.35. The van der Waals surface area contributed by atoms with E-state index < -0.39 is 34.1 Å². The Labute approximate surface area is 230 Å². The van der Waals surface area contributed by atoms with Gasteiger partial charge in [0.1, 0.15) is 22.2 Å². The van der Waals surface area contributed by atoms with Crippen LogP contribution in [0.15, 0.2) is 59.8 Å². The summed E-state index contributed by atoms with van der Waals surface area (Å²) in [5.74, 6) is -1.22. The highest BCUT2D eigenvalue weighted by Crippen LogP contribution is 2.35. The van der Waals surface area contributed by atoms with Crippen LogP contribution in [0.5, 0.6) is 0 Å². The number of pyridine rings is 2. The number of alkyl halides is 3. The molecule has 8 nitrogen and oxygen atoms in total. The second-order valence-corrected chi connectivity index (χ2v) is 11.2. The van der Waals surface area contributed by atoms with Crippen molar-refractivity contribution in [3.8, 4) is 0 Å². The van der Waals surface area contributed by atoms with Crippen LogP contribution in [0.2, 0.25) is 10.2 Å². The van der Waals surface area contributed by atoms with Gasteiger partial charge in [0, 0.05) is 25.5 Å². The molecule has 1 saturated heterocycles. The van der Waals surface area contributed by atoms with Crippen LogP contribution in [0.1, 0.15) is 11.1 Å². The van der Waals surface area contributed by atoms with Gasteiger partial charge in [-0.3, -0.25) is 4.40 Å². The van der Waals surface area contributed by atoms with E-state index in [1.807, 2.05) is 4.90 Å². The highest BCUT2D eigenvalue weighted by atomic mass is 35.5. The van der Waals surface area contributed by atoms with E-state index >= 15 is 0 Å². The first-order chi connectivity index (χ1) is 18.4. The minimum Gasteiger partial charge on any atom is -0.378 e. The van der Waals surface area contributed by atoms with Crippen LogP contribution in [0.25, 0.3) is 5.65 Å². The first-order valence-electron chi connectivity index (χ1n) is 11.5. The zero-order valence-corrected chi connectivity index (χ0v) is 22.2. The van der Waals surface area contributed by atoms with Crippen LogP contribution in [-0.2, 0) is 27.5 Å². The fourth-order valence-corrected chi connectivity index (χ4v) is 5.94. The Morgan fingerprint density at radius 2 is 1.79 bits per heavy atom. The number of halogens is 6.